The van der Waals surface area contributed by atoms with Gasteiger partial charge in [-0.15, -0.1) is 0 Å². The van der Waals surface area contributed by atoms with Crippen LogP contribution in [-0.4, -0.2) is 26.3 Å². The van der Waals surface area contributed by atoms with Crippen molar-refractivity contribution in [2.75, 3.05) is 5.32 Å². The molecule has 0 spiro atoms. The van der Waals surface area contributed by atoms with Crippen molar-refractivity contribution in [2.45, 2.75) is 13.5 Å². The number of benzene rings is 1. The van der Waals surface area contributed by atoms with E-state index >= 15 is 0 Å². The Morgan fingerprint density at radius 1 is 1.41 bits per heavy atom. The molecule has 0 saturated carbocycles. The average molecular weight is 233 g/mol. The quantitative estimate of drug-likeness (QED) is 0.864. The van der Waals surface area contributed by atoms with E-state index in [1.807, 2.05) is 13.0 Å². The molecule has 17 heavy (non-hydrogen) atoms. The molecular weight excluding hydrogens is 222 g/mol. The Kier molecular flexibility index (Phi) is 3.29. The van der Waals surface area contributed by atoms with Crippen molar-refractivity contribution in [3.63, 3.8) is 0 Å². The van der Waals surface area contributed by atoms with Crippen molar-refractivity contribution in [2.24, 2.45) is 0 Å². The number of carbonyl (C=O) groups is 1. The van der Waals surface area contributed by atoms with Gasteiger partial charge < -0.3 is 4.74 Å². The molecule has 0 radical (unpaired) electrons. The van der Waals surface area contributed by atoms with Gasteiger partial charge in [-0.1, -0.05) is 23.3 Å². The van der Waals surface area contributed by atoms with E-state index in [1.54, 1.807) is 24.3 Å². The van der Waals surface area contributed by atoms with Crippen LogP contribution in [0.2, 0.25) is 0 Å². The smallest absolute Gasteiger partial charge is 0.410 e. The van der Waals surface area contributed by atoms with Gasteiger partial charge in [0.1, 0.15) is 5.75 Å². The fourth-order valence-corrected chi connectivity index (χ4v) is 1.22. The maximum Gasteiger partial charge on any atom is 0.419 e. The summed E-state index contributed by atoms with van der Waals surface area (Å²) in [6, 6.07) is 8.75. The molecule has 0 fully saturated rings. The zero-order valence-corrected chi connectivity index (χ0v) is 9.20. The van der Waals surface area contributed by atoms with Crippen molar-refractivity contribution in [1.82, 2.24) is 20.2 Å². The van der Waals surface area contributed by atoms with E-state index in [0.717, 1.165) is 0 Å². The molecule has 2 rings (SSSR count). The van der Waals surface area contributed by atoms with Gasteiger partial charge in [0.25, 0.3) is 5.95 Å². The fourth-order valence-electron chi connectivity index (χ4n) is 1.22. The SMILES string of the molecule is CCn1nnnc1NC(=O)Oc1ccccc1. The molecular formula is C10H11N5O2. The molecule has 0 bridgehead atoms. The molecule has 1 heterocycles. The standard InChI is InChI=1S/C10H11N5O2/c1-2-15-9(12-13-14-15)11-10(16)17-8-6-4-3-5-7-8/h3-7H,2H2,1H3,(H,11,12,14,16). The minimum atomic E-state index is -0.624. The van der Waals surface area contributed by atoms with Crippen molar-refractivity contribution in [3.05, 3.63) is 30.3 Å². The summed E-state index contributed by atoms with van der Waals surface area (Å²) in [7, 11) is 0. The number of aromatic nitrogens is 4. The van der Waals surface area contributed by atoms with E-state index in [0.29, 0.717) is 12.3 Å². The van der Waals surface area contributed by atoms with Crippen molar-refractivity contribution in [3.8, 4) is 5.75 Å². The van der Waals surface area contributed by atoms with Gasteiger partial charge in [-0.2, -0.15) is 0 Å². The number of nitrogens with one attached hydrogen (secondary N) is 1. The monoisotopic (exact) mass is 233 g/mol. The van der Waals surface area contributed by atoms with Gasteiger partial charge in [-0.05, 0) is 29.5 Å². The normalized spacial score (nSPS) is 9.94. The van der Waals surface area contributed by atoms with Crippen LogP contribution < -0.4 is 10.1 Å². The third-order valence-electron chi connectivity index (χ3n) is 2.00. The molecule has 2 aromatic rings. The lowest BCUT2D eigenvalue weighted by atomic mass is 10.3. The number of aryl methyl sites for hydroxylation is 1. The number of tetrazole rings is 1. The first kappa shape index (κ1) is 11.1. The highest BCUT2D eigenvalue weighted by Gasteiger charge is 2.10. The van der Waals surface area contributed by atoms with Crippen LogP contribution in [0.1, 0.15) is 6.92 Å². The highest BCUT2D eigenvalue weighted by molar-refractivity contribution is 5.84. The molecule has 7 heteroatoms. The predicted molar refractivity (Wildman–Crippen MR) is 59.6 cm³/mol. The third-order valence-corrected chi connectivity index (χ3v) is 2.00. The Hall–Kier alpha value is -2.44. The van der Waals surface area contributed by atoms with Gasteiger partial charge in [-0.3, -0.25) is 5.32 Å². The van der Waals surface area contributed by atoms with Crippen LogP contribution in [0, 0.1) is 0 Å². The summed E-state index contributed by atoms with van der Waals surface area (Å²) >= 11 is 0. The average Bonchev–Trinajstić information content (AvgIpc) is 2.77. The van der Waals surface area contributed by atoms with E-state index in [1.165, 1.54) is 4.68 Å². The predicted octanol–water partition coefficient (Wildman–Crippen LogP) is 1.30. The number of anilines is 1. The largest absolute Gasteiger partial charge is 0.419 e. The van der Waals surface area contributed by atoms with E-state index in [9.17, 15) is 4.79 Å². The number of amides is 1. The van der Waals surface area contributed by atoms with Crippen molar-refractivity contribution in [1.29, 1.82) is 0 Å². The first-order valence-electron chi connectivity index (χ1n) is 5.09. The summed E-state index contributed by atoms with van der Waals surface area (Å²) in [5.74, 6) is 0.717. The van der Waals surface area contributed by atoms with Crippen LogP contribution in [-0.2, 0) is 6.54 Å². The lowest BCUT2D eigenvalue weighted by Gasteiger charge is -2.05. The number of hydrogen-bond donors (Lipinski definition) is 1. The van der Waals surface area contributed by atoms with Crippen LogP contribution in [0.3, 0.4) is 0 Å². The van der Waals surface area contributed by atoms with Crippen molar-refractivity contribution < 1.29 is 9.53 Å². The molecule has 7 nitrogen and oxygen atoms in total. The Balaban J connectivity index is 1.98. The summed E-state index contributed by atoms with van der Waals surface area (Å²) in [5.41, 5.74) is 0. The molecule has 1 aromatic heterocycles. The molecule has 1 aromatic carbocycles. The zero-order chi connectivity index (χ0) is 12.1. The number of rotatable bonds is 3. The second kappa shape index (κ2) is 5.06. The summed E-state index contributed by atoms with van der Waals surface area (Å²) < 4.78 is 6.48. The summed E-state index contributed by atoms with van der Waals surface area (Å²) in [4.78, 5) is 11.5. The summed E-state index contributed by atoms with van der Waals surface area (Å²) in [6.45, 7) is 2.43. The summed E-state index contributed by atoms with van der Waals surface area (Å²) in [6.07, 6.45) is -0.624. The minimum Gasteiger partial charge on any atom is -0.410 e. The van der Waals surface area contributed by atoms with E-state index in [-0.39, 0.29) is 5.95 Å². The molecule has 1 amide bonds. The zero-order valence-electron chi connectivity index (χ0n) is 9.20. The fraction of sp³-hybridized carbons (Fsp3) is 0.200. The minimum absolute atomic E-state index is 0.258. The van der Waals surface area contributed by atoms with E-state index in [2.05, 4.69) is 20.8 Å². The van der Waals surface area contributed by atoms with Crippen LogP contribution in [0.15, 0.2) is 30.3 Å². The van der Waals surface area contributed by atoms with Crippen LogP contribution in [0.25, 0.3) is 0 Å². The maximum absolute atomic E-state index is 11.5. The van der Waals surface area contributed by atoms with Gasteiger partial charge in [0.15, 0.2) is 0 Å². The number of hydrogen-bond acceptors (Lipinski definition) is 5. The first-order valence-corrected chi connectivity index (χ1v) is 5.09. The second-order valence-electron chi connectivity index (χ2n) is 3.15. The van der Waals surface area contributed by atoms with Gasteiger partial charge in [0, 0.05) is 6.54 Å². The molecule has 0 atom stereocenters. The van der Waals surface area contributed by atoms with Gasteiger partial charge >= 0.3 is 6.09 Å². The number of nitrogens with zero attached hydrogens (tertiary/aromatic N) is 4. The van der Waals surface area contributed by atoms with Gasteiger partial charge in [-0.25, -0.2) is 9.48 Å². The molecule has 88 valence electrons. The highest BCUT2D eigenvalue weighted by atomic mass is 16.6. The van der Waals surface area contributed by atoms with E-state index in [4.69, 9.17) is 4.74 Å². The second-order valence-corrected chi connectivity index (χ2v) is 3.15. The third kappa shape index (κ3) is 2.77. The lowest BCUT2D eigenvalue weighted by molar-refractivity contribution is 0.215. The Morgan fingerprint density at radius 3 is 2.88 bits per heavy atom. The van der Waals surface area contributed by atoms with Gasteiger partial charge in [0.2, 0.25) is 0 Å². The molecule has 0 aliphatic heterocycles. The number of ether oxygens (including phenoxy) is 1. The Labute approximate surface area is 97.4 Å². The van der Waals surface area contributed by atoms with Crippen LogP contribution in [0.5, 0.6) is 5.75 Å². The first-order chi connectivity index (χ1) is 8.29. The van der Waals surface area contributed by atoms with Gasteiger partial charge in [0.05, 0.1) is 0 Å². The Bertz CT molecular complexity index is 496. The molecule has 1 N–H and O–H groups in total. The topological polar surface area (TPSA) is 81.9 Å². The van der Waals surface area contributed by atoms with E-state index < -0.39 is 6.09 Å². The Morgan fingerprint density at radius 2 is 2.18 bits per heavy atom. The molecule has 0 aliphatic carbocycles. The van der Waals surface area contributed by atoms with Crippen LogP contribution in [0.4, 0.5) is 10.7 Å². The molecule has 0 saturated heterocycles. The molecule has 0 unspecified atom stereocenters. The summed E-state index contributed by atoms with van der Waals surface area (Å²) in [5, 5.41) is 13.2. The van der Waals surface area contributed by atoms with Crippen LogP contribution >= 0.6 is 0 Å². The number of para-hydroxylation sites is 1. The highest BCUT2D eigenvalue weighted by Crippen LogP contribution is 2.09. The lowest BCUT2D eigenvalue weighted by Crippen LogP contribution is -2.19. The number of carbonyl (C=O) groups excluding carboxylic acids is 1. The molecule has 0 aliphatic rings. The van der Waals surface area contributed by atoms with Crippen molar-refractivity contribution >= 4 is 12.0 Å². The maximum atomic E-state index is 11.5.